The van der Waals surface area contributed by atoms with E-state index in [2.05, 4.69) is 6.07 Å². The van der Waals surface area contributed by atoms with Crippen LogP contribution in [0.1, 0.15) is 29.5 Å². The quantitative estimate of drug-likeness (QED) is 0.926. The van der Waals surface area contributed by atoms with Gasteiger partial charge in [-0.25, -0.2) is 9.18 Å². The monoisotopic (exact) mass is 293 g/mol. The third-order valence-electron chi connectivity index (χ3n) is 4.06. The number of carboxylic acids is 1. The molecular weight excluding hydrogens is 273 g/mol. The average molecular weight is 293 g/mol. The summed E-state index contributed by atoms with van der Waals surface area (Å²) in [4.78, 5) is 24.2. The summed E-state index contributed by atoms with van der Waals surface area (Å²) >= 11 is 0. The van der Waals surface area contributed by atoms with E-state index < -0.39 is 11.6 Å². The Morgan fingerprint density at radius 1 is 1.38 bits per heavy atom. The van der Waals surface area contributed by atoms with Gasteiger partial charge in [0.15, 0.2) is 0 Å². The average Bonchev–Trinajstić information content (AvgIpc) is 2.82. The van der Waals surface area contributed by atoms with Crippen LogP contribution in [0.3, 0.4) is 0 Å². The predicted octanol–water partition coefficient (Wildman–Crippen LogP) is 2.26. The van der Waals surface area contributed by atoms with Gasteiger partial charge in [-0.1, -0.05) is 23.8 Å². The molecule has 21 heavy (non-hydrogen) atoms. The number of aryl methyl sites for hydroxylation is 3. The maximum absolute atomic E-state index is 13.9. The molecule has 0 radical (unpaired) electrons. The number of hydrogen-bond donors (Lipinski definition) is 1. The fourth-order valence-corrected chi connectivity index (χ4v) is 2.69. The lowest BCUT2D eigenvalue weighted by Gasteiger charge is -2.18. The summed E-state index contributed by atoms with van der Waals surface area (Å²) in [5, 5.41) is 8.83. The summed E-state index contributed by atoms with van der Waals surface area (Å²) in [5.74, 6) is -1.66. The number of hydrogen-bond acceptors (Lipinski definition) is 2. The maximum atomic E-state index is 13.9. The molecule has 1 heterocycles. The highest BCUT2D eigenvalue weighted by Crippen LogP contribution is 2.26. The van der Waals surface area contributed by atoms with E-state index in [0.29, 0.717) is 6.42 Å². The SMILES string of the molecule is Cc1ccc(CCC(=O)N2CCC(F)(C(=O)O)C2)c(C)c1. The van der Waals surface area contributed by atoms with Crippen molar-refractivity contribution in [1.82, 2.24) is 4.90 Å². The van der Waals surface area contributed by atoms with Gasteiger partial charge in [-0.3, -0.25) is 4.79 Å². The predicted molar refractivity (Wildman–Crippen MR) is 76.9 cm³/mol. The molecule has 114 valence electrons. The molecular formula is C16H20FNO3. The van der Waals surface area contributed by atoms with Crippen LogP contribution in [0.4, 0.5) is 4.39 Å². The maximum Gasteiger partial charge on any atom is 0.343 e. The Hall–Kier alpha value is -1.91. The molecule has 0 aliphatic carbocycles. The van der Waals surface area contributed by atoms with Crippen LogP contribution in [0.25, 0.3) is 0 Å². The van der Waals surface area contributed by atoms with E-state index in [1.54, 1.807) is 0 Å². The first kappa shape index (κ1) is 15.5. The molecule has 2 rings (SSSR count). The Morgan fingerprint density at radius 2 is 2.10 bits per heavy atom. The molecule has 1 fully saturated rings. The van der Waals surface area contributed by atoms with Gasteiger partial charge in [0.25, 0.3) is 0 Å². The van der Waals surface area contributed by atoms with Crippen molar-refractivity contribution in [2.75, 3.05) is 13.1 Å². The van der Waals surface area contributed by atoms with Crippen LogP contribution in [-0.2, 0) is 16.0 Å². The minimum atomic E-state index is -2.28. The van der Waals surface area contributed by atoms with Gasteiger partial charge in [-0.15, -0.1) is 0 Å². The number of alkyl halides is 1. The first-order chi connectivity index (χ1) is 9.82. The molecule has 0 aromatic heterocycles. The molecule has 1 saturated heterocycles. The van der Waals surface area contributed by atoms with Crippen molar-refractivity contribution in [2.24, 2.45) is 0 Å². The molecule has 1 aromatic rings. The fourth-order valence-electron chi connectivity index (χ4n) is 2.69. The van der Waals surface area contributed by atoms with Crippen LogP contribution in [0.2, 0.25) is 0 Å². The summed E-state index contributed by atoms with van der Waals surface area (Å²) in [7, 11) is 0. The van der Waals surface area contributed by atoms with Gasteiger partial charge >= 0.3 is 5.97 Å². The Balaban J connectivity index is 1.93. The van der Waals surface area contributed by atoms with E-state index in [4.69, 9.17) is 5.11 Å². The Morgan fingerprint density at radius 3 is 2.67 bits per heavy atom. The molecule has 4 nitrogen and oxygen atoms in total. The number of nitrogens with zero attached hydrogens (tertiary/aromatic N) is 1. The minimum absolute atomic E-state index is 0.127. The highest BCUT2D eigenvalue weighted by Gasteiger charge is 2.46. The van der Waals surface area contributed by atoms with Crippen molar-refractivity contribution in [3.63, 3.8) is 0 Å². The highest BCUT2D eigenvalue weighted by molar-refractivity contribution is 5.82. The molecule has 1 unspecified atom stereocenters. The second-order valence-electron chi connectivity index (χ2n) is 5.77. The summed E-state index contributed by atoms with van der Waals surface area (Å²) in [6.07, 6.45) is 0.741. The van der Waals surface area contributed by atoms with E-state index in [1.807, 2.05) is 26.0 Å². The highest BCUT2D eigenvalue weighted by atomic mass is 19.1. The normalized spacial score (nSPS) is 21.6. The second kappa shape index (κ2) is 5.84. The smallest absolute Gasteiger partial charge is 0.343 e. The van der Waals surface area contributed by atoms with E-state index in [-0.39, 0.29) is 31.8 Å². The number of amides is 1. The van der Waals surface area contributed by atoms with Crippen molar-refractivity contribution in [3.8, 4) is 0 Å². The van der Waals surface area contributed by atoms with Crippen molar-refractivity contribution < 1.29 is 19.1 Å². The lowest BCUT2D eigenvalue weighted by Crippen LogP contribution is -2.39. The van der Waals surface area contributed by atoms with Gasteiger partial charge in [0, 0.05) is 19.4 Å². The Kier molecular flexibility index (Phi) is 4.30. The lowest BCUT2D eigenvalue weighted by atomic mass is 10.0. The Labute approximate surface area is 123 Å². The van der Waals surface area contributed by atoms with Gasteiger partial charge in [0.1, 0.15) is 0 Å². The van der Waals surface area contributed by atoms with Gasteiger partial charge in [-0.2, -0.15) is 0 Å². The molecule has 0 spiro atoms. The molecule has 1 aliphatic heterocycles. The largest absolute Gasteiger partial charge is 0.479 e. The van der Waals surface area contributed by atoms with Crippen LogP contribution < -0.4 is 0 Å². The van der Waals surface area contributed by atoms with Crippen LogP contribution in [0.5, 0.6) is 0 Å². The third kappa shape index (κ3) is 3.40. The van der Waals surface area contributed by atoms with E-state index in [9.17, 15) is 14.0 Å². The van der Waals surface area contributed by atoms with Gasteiger partial charge in [0.2, 0.25) is 11.6 Å². The van der Waals surface area contributed by atoms with E-state index in [0.717, 1.165) is 11.1 Å². The summed E-state index contributed by atoms with van der Waals surface area (Å²) < 4.78 is 13.9. The van der Waals surface area contributed by atoms with E-state index >= 15 is 0 Å². The molecule has 1 amide bonds. The molecule has 5 heteroatoms. The minimum Gasteiger partial charge on any atom is -0.479 e. The van der Waals surface area contributed by atoms with Gasteiger partial charge in [-0.05, 0) is 31.4 Å². The number of rotatable bonds is 4. The Bertz CT molecular complexity index is 573. The zero-order chi connectivity index (χ0) is 15.6. The van der Waals surface area contributed by atoms with Gasteiger partial charge < -0.3 is 10.0 Å². The second-order valence-corrected chi connectivity index (χ2v) is 5.77. The van der Waals surface area contributed by atoms with Gasteiger partial charge in [0.05, 0.1) is 6.54 Å². The van der Waals surface area contributed by atoms with Crippen LogP contribution in [0.15, 0.2) is 18.2 Å². The number of aliphatic carboxylic acids is 1. The zero-order valence-electron chi connectivity index (χ0n) is 12.4. The van der Waals surface area contributed by atoms with Crippen LogP contribution >= 0.6 is 0 Å². The molecule has 0 saturated carbocycles. The van der Waals surface area contributed by atoms with Crippen molar-refractivity contribution in [3.05, 3.63) is 34.9 Å². The molecule has 1 N–H and O–H groups in total. The molecule has 1 aromatic carbocycles. The standard InChI is InChI=1S/C16H20FNO3/c1-11-3-4-13(12(2)9-11)5-6-14(19)18-8-7-16(17,10-18)15(20)21/h3-4,9H,5-8,10H2,1-2H3,(H,20,21). The van der Waals surface area contributed by atoms with Crippen molar-refractivity contribution in [2.45, 2.75) is 38.8 Å². The lowest BCUT2D eigenvalue weighted by molar-refractivity contribution is -0.150. The van der Waals surface area contributed by atoms with Crippen LogP contribution in [-0.4, -0.2) is 40.6 Å². The third-order valence-corrected chi connectivity index (χ3v) is 4.06. The summed E-state index contributed by atoms with van der Waals surface area (Å²) in [6, 6.07) is 6.06. The van der Waals surface area contributed by atoms with E-state index in [1.165, 1.54) is 10.5 Å². The summed E-state index contributed by atoms with van der Waals surface area (Å²) in [5.41, 5.74) is 1.12. The number of carbonyl (C=O) groups is 2. The van der Waals surface area contributed by atoms with Crippen molar-refractivity contribution in [1.29, 1.82) is 0 Å². The van der Waals surface area contributed by atoms with Crippen LogP contribution in [0, 0.1) is 13.8 Å². The molecule has 1 aliphatic rings. The first-order valence-electron chi connectivity index (χ1n) is 7.08. The number of benzene rings is 1. The molecule has 1 atom stereocenters. The number of carbonyl (C=O) groups excluding carboxylic acids is 1. The topological polar surface area (TPSA) is 57.6 Å². The number of carboxylic acid groups (broad SMARTS) is 1. The summed E-state index contributed by atoms with van der Waals surface area (Å²) in [6.45, 7) is 3.85. The van der Waals surface area contributed by atoms with Crippen molar-refractivity contribution >= 4 is 11.9 Å². The molecule has 0 bridgehead atoms. The first-order valence-corrected chi connectivity index (χ1v) is 7.08. The number of likely N-dealkylation sites (tertiary alicyclic amines) is 1. The zero-order valence-corrected chi connectivity index (χ0v) is 12.4. The number of halogens is 1. The fraction of sp³-hybridized carbons (Fsp3) is 0.500.